The summed E-state index contributed by atoms with van der Waals surface area (Å²) in [7, 11) is 3.56. The van der Waals surface area contributed by atoms with Crippen LogP contribution < -0.4 is 10.6 Å². The molecule has 31 heavy (non-hydrogen) atoms. The van der Waals surface area contributed by atoms with Crippen molar-refractivity contribution in [1.82, 2.24) is 9.88 Å². The Labute approximate surface area is 193 Å². The molecule has 0 aliphatic carbocycles. The summed E-state index contributed by atoms with van der Waals surface area (Å²) >= 11 is 9.36. The van der Waals surface area contributed by atoms with E-state index in [4.69, 9.17) is 17.0 Å². The third-order valence-corrected chi connectivity index (χ3v) is 5.02. The molecular formula is C22H19BrClN5O2. The van der Waals surface area contributed by atoms with Crippen LogP contribution in [0.3, 0.4) is 0 Å². The van der Waals surface area contributed by atoms with Gasteiger partial charge in [-0.2, -0.15) is 0 Å². The Bertz CT molecular complexity index is 1130. The van der Waals surface area contributed by atoms with Crippen LogP contribution in [-0.2, 0) is 0 Å². The number of hydrogen-bond donors (Lipinski definition) is 3. The average molecular weight is 501 g/mol. The number of nitrogens with one attached hydrogen (secondary N) is 3. The minimum Gasteiger partial charge on any atom is -0.363 e. The van der Waals surface area contributed by atoms with Gasteiger partial charge >= 0.3 is 0 Å². The molecule has 0 spiro atoms. The second-order valence-electron chi connectivity index (χ2n) is 6.78. The van der Waals surface area contributed by atoms with Crippen LogP contribution in [0.5, 0.6) is 0 Å². The number of carbonyl (C=O) groups excluding carboxylic acids is 2. The van der Waals surface area contributed by atoms with Crippen molar-refractivity contribution in [3.05, 3.63) is 87.0 Å². The van der Waals surface area contributed by atoms with Crippen LogP contribution in [0.2, 0.25) is 5.02 Å². The second-order valence-corrected chi connectivity index (χ2v) is 8.13. The highest BCUT2D eigenvalue weighted by atomic mass is 79.9. The zero-order valence-electron chi connectivity index (χ0n) is 16.7. The number of halogens is 2. The number of hydrogen-bond acceptors (Lipinski definition) is 4. The van der Waals surface area contributed by atoms with Gasteiger partial charge in [0, 0.05) is 40.9 Å². The van der Waals surface area contributed by atoms with Crippen molar-refractivity contribution < 1.29 is 9.59 Å². The van der Waals surface area contributed by atoms with E-state index in [2.05, 4.69) is 31.5 Å². The summed E-state index contributed by atoms with van der Waals surface area (Å²) < 4.78 is 0.785. The molecule has 7 nitrogen and oxygen atoms in total. The number of nitrogens with zero attached hydrogens (tertiary/aromatic N) is 2. The van der Waals surface area contributed by atoms with Crippen LogP contribution in [0.1, 0.15) is 26.3 Å². The van der Waals surface area contributed by atoms with Crippen molar-refractivity contribution in [3.8, 4) is 0 Å². The summed E-state index contributed by atoms with van der Waals surface area (Å²) in [5, 5.41) is 13.8. The highest BCUT2D eigenvalue weighted by Gasteiger charge is 2.16. The fraction of sp³-hybridized carbons (Fsp3) is 0.0909. The van der Waals surface area contributed by atoms with Gasteiger partial charge in [0.2, 0.25) is 0 Å². The maximum absolute atomic E-state index is 12.8. The molecule has 1 aromatic heterocycles. The summed E-state index contributed by atoms with van der Waals surface area (Å²) in [5.74, 6) is -0.141. The van der Waals surface area contributed by atoms with Crippen molar-refractivity contribution in [2.45, 2.75) is 0 Å². The molecule has 0 saturated heterocycles. The molecule has 0 aliphatic heterocycles. The van der Waals surface area contributed by atoms with Crippen molar-refractivity contribution in [2.24, 2.45) is 0 Å². The van der Waals surface area contributed by atoms with Gasteiger partial charge in [-0.3, -0.25) is 15.0 Å². The molecule has 3 aromatic rings. The van der Waals surface area contributed by atoms with Gasteiger partial charge in [0.1, 0.15) is 11.7 Å². The Morgan fingerprint density at radius 2 is 1.65 bits per heavy atom. The van der Waals surface area contributed by atoms with E-state index in [0.717, 1.165) is 4.47 Å². The Morgan fingerprint density at radius 3 is 2.26 bits per heavy atom. The zero-order chi connectivity index (χ0) is 22.5. The Hall–Kier alpha value is -3.23. The molecule has 0 bridgehead atoms. The number of benzene rings is 2. The SMILES string of the molecule is CN(C)C(=N)c1ccc(C(=O)Nc2ccc(Cl)cc2C(=O)Nc2ccc(Br)cn2)cc1. The summed E-state index contributed by atoms with van der Waals surface area (Å²) in [4.78, 5) is 31.3. The first-order chi connectivity index (χ1) is 14.7. The molecule has 158 valence electrons. The molecule has 0 fully saturated rings. The van der Waals surface area contributed by atoms with Gasteiger partial charge < -0.3 is 15.5 Å². The molecule has 2 aromatic carbocycles. The second kappa shape index (κ2) is 9.72. The lowest BCUT2D eigenvalue weighted by Crippen LogP contribution is -2.22. The van der Waals surface area contributed by atoms with E-state index in [-0.39, 0.29) is 11.5 Å². The fourth-order valence-corrected chi connectivity index (χ4v) is 3.09. The van der Waals surface area contributed by atoms with Gasteiger partial charge in [0.15, 0.2) is 0 Å². The number of carbonyl (C=O) groups is 2. The van der Waals surface area contributed by atoms with E-state index in [1.165, 1.54) is 6.07 Å². The third kappa shape index (κ3) is 5.68. The van der Waals surface area contributed by atoms with E-state index < -0.39 is 5.91 Å². The first-order valence-corrected chi connectivity index (χ1v) is 10.3. The molecular weight excluding hydrogens is 482 g/mol. The lowest BCUT2D eigenvalue weighted by Gasteiger charge is -2.14. The molecule has 0 aliphatic rings. The van der Waals surface area contributed by atoms with Crippen molar-refractivity contribution in [1.29, 1.82) is 5.41 Å². The molecule has 2 amide bonds. The van der Waals surface area contributed by atoms with Crippen LogP contribution in [0.4, 0.5) is 11.5 Å². The van der Waals surface area contributed by atoms with Gasteiger partial charge in [-0.1, -0.05) is 23.7 Å². The van der Waals surface area contributed by atoms with Crippen LogP contribution in [-0.4, -0.2) is 41.6 Å². The molecule has 0 unspecified atom stereocenters. The molecule has 9 heteroatoms. The topological polar surface area (TPSA) is 98.2 Å². The van der Waals surface area contributed by atoms with Gasteiger partial charge in [-0.15, -0.1) is 0 Å². The van der Waals surface area contributed by atoms with Crippen molar-refractivity contribution in [3.63, 3.8) is 0 Å². The highest BCUT2D eigenvalue weighted by molar-refractivity contribution is 9.10. The standard InChI is InChI=1S/C22H19BrClN5O2/c1-29(2)20(25)13-3-5-14(6-4-13)21(30)27-18-9-8-16(24)11-17(18)22(31)28-19-10-7-15(23)12-26-19/h3-12,25H,1-2H3,(H,27,30)(H,26,28,31). The van der Waals surface area contributed by atoms with Gasteiger partial charge in [-0.05, 0) is 58.4 Å². The number of amidine groups is 1. The van der Waals surface area contributed by atoms with Crippen LogP contribution in [0.25, 0.3) is 0 Å². The first-order valence-electron chi connectivity index (χ1n) is 9.14. The first kappa shape index (κ1) is 22.5. The van der Waals surface area contributed by atoms with E-state index >= 15 is 0 Å². The Morgan fingerprint density at radius 1 is 0.968 bits per heavy atom. The van der Waals surface area contributed by atoms with E-state index in [1.54, 1.807) is 73.7 Å². The van der Waals surface area contributed by atoms with Crippen LogP contribution in [0.15, 0.2) is 65.3 Å². The van der Waals surface area contributed by atoms with Crippen LogP contribution >= 0.6 is 27.5 Å². The maximum Gasteiger partial charge on any atom is 0.258 e. The largest absolute Gasteiger partial charge is 0.363 e. The van der Waals surface area contributed by atoms with Gasteiger partial charge in [-0.25, -0.2) is 4.98 Å². The third-order valence-electron chi connectivity index (χ3n) is 4.31. The summed E-state index contributed by atoms with van der Waals surface area (Å²) in [6.45, 7) is 0. The van der Waals surface area contributed by atoms with Gasteiger partial charge in [0.05, 0.1) is 11.3 Å². The number of anilines is 2. The van der Waals surface area contributed by atoms with Crippen molar-refractivity contribution in [2.75, 3.05) is 24.7 Å². The number of rotatable bonds is 5. The predicted octanol–water partition coefficient (Wildman–Crippen LogP) is 4.89. The number of pyridine rings is 1. The lowest BCUT2D eigenvalue weighted by atomic mass is 10.1. The average Bonchev–Trinajstić information content (AvgIpc) is 2.76. The van der Waals surface area contributed by atoms with Crippen LogP contribution in [0, 0.1) is 5.41 Å². The maximum atomic E-state index is 12.8. The smallest absolute Gasteiger partial charge is 0.258 e. The Balaban J connectivity index is 1.80. The zero-order valence-corrected chi connectivity index (χ0v) is 19.1. The van der Waals surface area contributed by atoms with E-state index in [0.29, 0.717) is 33.5 Å². The van der Waals surface area contributed by atoms with E-state index in [1.807, 2.05) is 0 Å². The summed E-state index contributed by atoms with van der Waals surface area (Å²) in [6, 6.07) is 14.7. The summed E-state index contributed by atoms with van der Waals surface area (Å²) in [6.07, 6.45) is 1.57. The monoisotopic (exact) mass is 499 g/mol. The number of amides is 2. The highest BCUT2D eigenvalue weighted by Crippen LogP contribution is 2.23. The fourth-order valence-electron chi connectivity index (χ4n) is 2.68. The molecule has 1 heterocycles. The minimum atomic E-state index is -0.456. The summed E-state index contributed by atoms with van der Waals surface area (Å²) in [5.41, 5.74) is 1.60. The van der Waals surface area contributed by atoms with E-state index in [9.17, 15) is 9.59 Å². The molecule has 3 N–H and O–H groups in total. The van der Waals surface area contributed by atoms with Crippen molar-refractivity contribution >= 4 is 56.7 Å². The lowest BCUT2D eigenvalue weighted by molar-refractivity contribution is 0.102. The molecule has 0 saturated carbocycles. The minimum absolute atomic E-state index is 0.205. The molecule has 0 atom stereocenters. The molecule has 3 rings (SSSR count). The quantitative estimate of drug-likeness (QED) is 0.343. The predicted molar refractivity (Wildman–Crippen MR) is 126 cm³/mol. The Kier molecular flexibility index (Phi) is 7.04. The number of aromatic nitrogens is 1. The molecule has 0 radical (unpaired) electrons. The van der Waals surface area contributed by atoms with Gasteiger partial charge in [0.25, 0.3) is 11.8 Å². The normalized spacial score (nSPS) is 10.3.